The lowest BCUT2D eigenvalue weighted by Gasteiger charge is -2.31. The van der Waals surface area contributed by atoms with Gasteiger partial charge in [-0.3, -0.25) is 4.79 Å². The van der Waals surface area contributed by atoms with Crippen LogP contribution in [0.4, 0.5) is 0 Å². The third kappa shape index (κ3) is 3.82. The lowest BCUT2D eigenvalue weighted by atomic mass is 10.2. The summed E-state index contributed by atoms with van der Waals surface area (Å²) in [5, 5.41) is 0. The van der Waals surface area contributed by atoms with Gasteiger partial charge in [-0.1, -0.05) is 12.1 Å². The number of benzene rings is 1. The minimum atomic E-state index is -0.0536. The number of methoxy groups -OCH3 is 1. The summed E-state index contributed by atoms with van der Waals surface area (Å²) in [6.45, 7) is 2.15. The maximum absolute atomic E-state index is 12.1. The van der Waals surface area contributed by atoms with E-state index in [0.29, 0.717) is 26.2 Å². The van der Waals surface area contributed by atoms with Crippen LogP contribution in [0.2, 0.25) is 0 Å². The third-order valence-corrected chi connectivity index (χ3v) is 3.25. The second kappa shape index (κ2) is 7.07. The number of nitrogens with zero attached hydrogens (tertiary/aromatic N) is 1. The van der Waals surface area contributed by atoms with Crippen molar-refractivity contribution in [1.82, 2.24) is 4.90 Å². The molecule has 1 heterocycles. The third-order valence-electron chi connectivity index (χ3n) is 3.25. The fraction of sp³-hybridized carbons (Fsp3) is 0.400. The predicted molar refractivity (Wildman–Crippen MR) is 77.4 cm³/mol. The first kappa shape index (κ1) is 14.6. The summed E-state index contributed by atoms with van der Waals surface area (Å²) < 4.78 is 10.5. The van der Waals surface area contributed by atoms with Gasteiger partial charge in [-0.2, -0.15) is 0 Å². The van der Waals surface area contributed by atoms with E-state index in [4.69, 9.17) is 15.2 Å². The fourth-order valence-corrected chi connectivity index (χ4v) is 2.05. The first-order chi connectivity index (χ1) is 9.72. The van der Waals surface area contributed by atoms with Crippen molar-refractivity contribution in [3.05, 3.63) is 35.9 Å². The molecule has 1 aliphatic rings. The molecule has 0 saturated carbocycles. The first-order valence-corrected chi connectivity index (χ1v) is 6.65. The molecule has 1 fully saturated rings. The normalized spacial score (nSPS) is 19.3. The van der Waals surface area contributed by atoms with Gasteiger partial charge < -0.3 is 20.1 Å². The van der Waals surface area contributed by atoms with E-state index >= 15 is 0 Å². The van der Waals surface area contributed by atoms with Gasteiger partial charge in [0.25, 0.3) is 0 Å². The molecule has 0 aromatic heterocycles. The van der Waals surface area contributed by atoms with Crippen LogP contribution in [0.5, 0.6) is 5.75 Å². The zero-order valence-corrected chi connectivity index (χ0v) is 11.6. The van der Waals surface area contributed by atoms with E-state index in [1.165, 1.54) is 0 Å². The van der Waals surface area contributed by atoms with Crippen molar-refractivity contribution < 1.29 is 14.3 Å². The molecule has 1 atom stereocenters. The van der Waals surface area contributed by atoms with Gasteiger partial charge in [0.2, 0.25) is 5.91 Å². The van der Waals surface area contributed by atoms with Gasteiger partial charge in [-0.25, -0.2) is 0 Å². The van der Waals surface area contributed by atoms with Crippen molar-refractivity contribution in [2.45, 2.75) is 6.10 Å². The zero-order valence-electron chi connectivity index (χ0n) is 11.6. The number of ether oxygens (including phenoxy) is 2. The van der Waals surface area contributed by atoms with Crippen molar-refractivity contribution in [1.29, 1.82) is 0 Å². The van der Waals surface area contributed by atoms with Gasteiger partial charge in [-0.05, 0) is 23.8 Å². The Balaban J connectivity index is 1.94. The van der Waals surface area contributed by atoms with Crippen molar-refractivity contribution >= 4 is 12.0 Å². The van der Waals surface area contributed by atoms with Crippen LogP contribution in [-0.2, 0) is 9.53 Å². The average molecular weight is 276 g/mol. The number of carbonyl (C=O) groups is 1. The molecule has 2 N–H and O–H groups in total. The Kier molecular flexibility index (Phi) is 5.15. The number of nitrogens with two attached hydrogens (primary N) is 1. The van der Waals surface area contributed by atoms with Gasteiger partial charge in [0.15, 0.2) is 0 Å². The Hall–Kier alpha value is -1.85. The van der Waals surface area contributed by atoms with E-state index in [1.807, 2.05) is 24.3 Å². The first-order valence-electron chi connectivity index (χ1n) is 6.65. The summed E-state index contributed by atoms with van der Waals surface area (Å²) in [6.07, 6.45) is 3.33. The highest BCUT2D eigenvalue weighted by Gasteiger charge is 2.21. The van der Waals surface area contributed by atoms with Gasteiger partial charge >= 0.3 is 0 Å². The molecule has 0 aliphatic carbocycles. The van der Waals surface area contributed by atoms with Crippen LogP contribution < -0.4 is 10.5 Å². The summed E-state index contributed by atoms with van der Waals surface area (Å²) in [5.41, 5.74) is 6.53. The highest BCUT2D eigenvalue weighted by Crippen LogP contribution is 2.13. The molecule has 0 radical (unpaired) electrons. The predicted octanol–water partition coefficient (Wildman–Crippen LogP) is 0.894. The number of carbonyl (C=O) groups excluding carboxylic acids is 1. The molecule has 108 valence electrons. The summed E-state index contributed by atoms with van der Waals surface area (Å²) >= 11 is 0. The Morgan fingerprint density at radius 3 is 2.90 bits per heavy atom. The van der Waals surface area contributed by atoms with Crippen molar-refractivity contribution in [2.75, 3.05) is 33.4 Å². The van der Waals surface area contributed by atoms with Crippen LogP contribution in [0, 0.1) is 0 Å². The second-order valence-corrected chi connectivity index (χ2v) is 4.62. The van der Waals surface area contributed by atoms with Crippen LogP contribution in [0.25, 0.3) is 6.08 Å². The van der Waals surface area contributed by atoms with E-state index < -0.39 is 0 Å². The molecule has 1 aromatic rings. The Labute approximate surface area is 119 Å². The molecule has 0 spiro atoms. The molecule has 0 bridgehead atoms. The number of hydrogen-bond acceptors (Lipinski definition) is 4. The number of rotatable bonds is 4. The molecule has 1 saturated heterocycles. The molecule has 5 heteroatoms. The number of hydrogen-bond donors (Lipinski definition) is 1. The average Bonchev–Trinajstić information content (AvgIpc) is 2.53. The molecule has 2 rings (SSSR count). The minimum Gasteiger partial charge on any atom is -0.497 e. The fourth-order valence-electron chi connectivity index (χ4n) is 2.05. The SMILES string of the molecule is COc1ccc(/C=C/C(=O)N2CCOC(CN)C2)cc1. The van der Waals surface area contributed by atoms with Gasteiger partial charge in [-0.15, -0.1) is 0 Å². The van der Waals surface area contributed by atoms with E-state index in [-0.39, 0.29) is 12.0 Å². The van der Waals surface area contributed by atoms with Crippen LogP contribution in [-0.4, -0.2) is 50.3 Å². The van der Waals surface area contributed by atoms with E-state index in [2.05, 4.69) is 0 Å². The quantitative estimate of drug-likeness (QED) is 0.830. The Bertz CT molecular complexity index is 471. The molecule has 5 nitrogen and oxygen atoms in total. The highest BCUT2D eigenvalue weighted by atomic mass is 16.5. The molecule has 1 unspecified atom stereocenters. The second-order valence-electron chi connectivity index (χ2n) is 4.62. The monoisotopic (exact) mass is 276 g/mol. The summed E-state index contributed by atoms with van der Waals surface area (Å²) in [6, 6.07) is 7.54. The maximum atomic E-state index is 12.1. The summed E-state index contributed by atoms with van der Waals surface area (Å²) in [7, 11) is 1.63. The lowest BCUT2D eigenvalue weighted by molar-refractivity contribution is -0.133. The topological polar surface area (TPSA) is 64.8 Å². The molecular formula is C15H20N2O3. The summed E-state index contributed by atoms with van der Waals surface area (Å²) in [4.78, 5) is 13.8. The van der Waals surface area contributed by atoms with Crippen molar-refractivity contribution in [3.8, 4) is 5.75 Å². The van der Waals surface area contributed by atoms with Crippen LogP contribution in [0.1, 0.15) is 5.56 Å². The van der Waals surface area contributed by atoms with Crippen LogP contribution >= 0.6 is 0 Å². The van der Waals surface area contributed by atoms with E-state index in [1.54, 1.807) is 24.2 Å². The van der Waals surface area contributed by atoms with Gasteiger partial charge in [0.1, 0.15) is 5.75 Å². The molecule has 1 aliphatic heterocycles. The Morgan fingerprint density at radius 2 is 2.25 bits per heavy atom. The number of amides is 1. The van der Waals surface area contributed by atoms with Crippen molar-refractivity contribution in [2.24, 2.45) is 5.73 Å². The highest BCUT2D eigenvalue weighted by molar-refractivity contribution is 5.91. The molecule has 1 amide bonds. The molecule has 20 heavy (non-hydrogen) atoms. The molecular weight excluding hydrogens is 256 g/mol. The molecule has 1 aromatic carbocycles. The standard InChI is InChI=1S/C15H20N2O3/c1-19-13-5-2-12(3-6-13)4-7-15(18)17-8-9-20-14(10-16)11-17/h2-7,14H,8-11,16H2,1H3/b7-4+. The van der Waals surface area contributed by atoms with E-state index in [9.17, 15) is 4.79 Å². The largest absolute Gasteiger partial charge is 0.497 e. The minimum absolute atomic E-state index is 0.0115. The lowest BCUT2D eigenvalue weighted by Crippen LogP contribution is -2.47. The number of morpholine rings is 1. The maximum Gasteiger partial charge on any atom is 0.246 e. The van der Waals surface area contributed by atoms with E-state index in [0.717, 1.165) is 11.3 Å². The van der Waals surface area contributed by atoms with Crippen LogP contribution in [0.3, 0.4) is 0 Å². The van der Waals surface area contributed by atoms with Crippen LogP contribution in [0.15, 0.2) is 30.3 Å². The van der Waals surface area contributed by atoms with Gasteiger partial charge in [0, 0.05) is 25.7 Å². The van der Waals surface area contributed by atoms with Crippen molar-refractivity contribution in [3.63, 3.8) is 0 Å². The van der Waals surface area contributed by atoms with Gasteiger partial charge in [0.05, 0.1) is 19.8 Å². The summed E-state index contributed by atoms with van der Waals surface area (Å²) in [5.74, 6) is 0.787. The smallest absolute Gasteiger partial charge is 0.246 e. The zero-order chi connectivity index (χ0) is 14.4. The Morgan fingerprint density at radius 1 is 1.50 bits per heavy atom.